The molecule has 0 spiro atoms. The van der Waals surface area contributed by atoms with Crippen LogP contribution in [0.4, 0.5) is 4.79 Å². The molecule has 0 radical (unpaired) electrons. The normalized spacial score (nSPS) is 12.3. The van der Waals surface area contributed by atoms with E-state index in [1.54, 1.807) is 11.9 Å². The molecule has 6 nitrogen and oxygen atoms in total. The zero-order valence-electron chi connectivity index (χ0n) is 12.7. The Kier molecular flexibility index (Phi) is 4.49. The lowest BCUT2D eigenvalue weighted by Crippen LogP contribution is -2.38. The summed E-state index contributed by atoms with van der Waals surface area (Å²) in [5.41, 5.74) is 0.755. The highest BCUT2D eigenvalue weighted by atomic mass is 35.5. The molecule has 2 amide bonds. The van der Waals surface area contributed by atoms with Gasteiger partial charge in [0.25, 0.3) is 0 Å². The van der Waals surface area contributed by atoms with E-state index in [4.69, 9.17) is 11.6 Å². The molecule has 0 fully saturated rings. The van der Waals surface area contributed by atoms with Crippen LogP contribution in [0.3, 0.4) is 0 Å². The zero-order chi connectivity index (χ0) is 16.4. The molecule has 8 heteroatoms. The quantitative estimate of drug-likeness (QED) is 0.785. The van der Waals surface area contributed by atoms with Crippen molar-refractivity contribution in [3.63, 3.8) is 0 Å². The standard InChI is InChI=1S/C15H16ClN5OS/c1-10(14-19-18-13-5-3-4-8-21(13)14)17-15(22)20(2)9-11-6-7-12(16)23-11/h3-8,10H,9H2,1-2H3,(H,17,22). The average Bonchev–Trinajstić information content (AvgIpc) is 3.13. The third kappa shape index (κ3) is 3.46. The molecule has 3 aromatic rings. The van der Waals surface area contributed by atoms with E-state index in [-0.39, 0.29) is 12.1 Å². The number of carbonyl (C=O) groups excluding carboxylic acids is 1. The molecule has 0 saturated heterocycles. The van der Waals surface area contributed by atoms with Gasteiger partial charge < -0.3 is 10.2 Å². The van der Waals surface area contributed by atoms with Crippen LogP contribution in [-0.2, 0) is 6.54 Å². The van der Waals surface area contributed by atoms with E-state index < -0.39 is 0 Å². The maximum atomic E-state index is 12.3. The lowest BCUT2D eigenvalue weighted by Gasteiger charge is -2.20. The van der Waals surface area contributed by atoms with Crippen molar-refractivity contribution in [2.45, 2.75) is 19.5 Å². The summed E-state index contributed by atoms with van der Waals surface area (Å²) >= 11 is 7.38. The first-order valence-electron chi connectivity index (χ1n) is 7.10. The summed E-state index contributed by atoms with van der Waals surface area (Å²) in [6, 6.07) is 9.00. The summed E-state index contributed by atoms with van der Waals surface area (Å²) in [5.74, 6) is 0.696. The monoisotopic (exact) mass is 349 g/mol. The van der Waals surface area contributed by atoms with Gasteiger partial charge in [-0.05, 0) is 31.2 Å². The number of amides is 2. The van der Waals surface area contributed by atoms with Crippen LogP contribution < -0.4 is 5.32 Å². The summed E-state index contributed by atoms with van der Waals surface area (Å²) in [7, 11) is 1.75. The van der Waals surface area contributed by atoms with E-state index in [1.165, 1.54) is 11.3 Å². The van der Waals surface area contributed by atoms with E-state index in [9.17, 15) is 4.79 Å². The Bertz CT molecular complexity index is 830. The number of pyridine rings is 1. The van der Waals surface area contributed by atoms with Gasteiger partial charge in [0.05, 0.1) is 16.9 Å². The van der Waals surface area contributed by atoms with Gasteiger partial charge in [0.2, 0.25) is 0 Å². The molecule has 0 aromatic carbocycles. The molecule has 1 atom stereocenters. The zero-order valence-corrected chi connectivity index (χ0v) is 14.3. The highest BCUT2D eigenvalue weighted by Gasteiger charge is 2.18. The first kappa shape index (κ1) is 15.8. The van der Waals surface area contributed by atoms with Gasteiger partial charge in [-0.25, -0.2) is 4.79 Å². The number of rotatable bonds is 4. The van der Waals surface area contributed by atoms with Gasteiger partial charge in [-0.15, -0.1) is 21.5 Å². The van der Waals surface area contributed by atoms with E-state index in [0.29, 0.717) is 12.4 Å². The number of urea groups is 1. The van der Waals surface area contributed by atoms with Gasteiger partial charge in [0.1, 0.15) is 0 Å². The number of nitrogens with zero attached hydrogens (tertiary/aromatic N) is 4. The van der Waals surface area contributed by atoms with Gasteiger partial charge in [-0.1, -0.05) is 17.7 Å². The molecule has 0 aliphatic carbocycles. The number of thiophene rings is 1. The number of fused-ring (bicyclic) bond motifs is 1. The van der Waals surface area contributed by atoms with Crippen molar-refractivity contribution < 1.29 is 4.79 Å². The van der Waals surface area contributed by atoms with Crippen LogP contribution in [0, 0.1) is 0 Å². The Hall–Kier alpha value is -2.12. The summed E-state index contributed by atoms with van der Waals surface area (Å²) in [6.45, 7) is 2.40. The molecule has 0 aliphatic rings. The van der Waals surface area contributed by atoms with Crippen molar-refractivity contribution >= 4 is 34.6 Å². The van der Waals surface area contributed by atoms with Crippen LogP contribution >= 0.6 is 22.9 Å². The van der Waals surface area contributed by atoms with E-state index in [0.717, 1.165) is 14.9 Å². The number of aromatic nitrogens is 3. The third-order valence-electron chi connectivity index (χ3n) is 3.44. The number of hydrogen-bond acceptors (Lipinski definition) is 4. The molecule has 1 unspecified atom stereocenters. The molecule has 3 heterocycles. The van der Waals surface area contributed by atoms with Crippen LogP contribution in [0.15, 0.2) is 36.5 Å². The number of halogens is 1. The molecule has 0 aliphatic heterocycles. The van der Waals surface area contributed by atoms with E-state index in [1.807, 2.05) is 47.9 Å². The summed E-state index contributed by atoms with van der Waals surface area (Å²) in [5, 5.41) is 11.2. The fourth-order valence-electron chi connectivity index (χ4n) is 2.26. The Morgan fingerprint density at radius 3 is 2.96 bits per heavy atom. The molecule has 1 N–H and O–H groups in total. The SMILES string of the molecule is CC(NC(=O)N(C)Cc1ccc(Cl)s1)c1nnc2ccccn12. The van der Waals surface area contributed by atoms with Crippen molar-refractivity contribution in [1.29, 1.82) is 0 Å². The first-order chi connectivity index (χ1) is 11.0. The predicted octanol–water partition coefficient (Wildman–Crippen LogP) is 3.35. The molecule has 0 saturated carbocycles. The van der Waals surface area contributed by atoms with E-state index >= 15 is 0 Å². The van der Waals surface area contributed by atoms with Crippen molar-refractivity contribution in [2.24, 2.45) is 0 Å². The number of carbonyl (C=O) groups is 1. The van der Waals surface area contributed by atoms with Crippen molar-refractivity contribution in [2.75, 3.05) is 7.05 Å². The van der Waals surface area contributed by atoms with Gasteiger partial charge in [0.15, 0.2) is 11.5 Å². The van der Waals surface area contributed by atoms with Crippen LogP contribution in [0.2, 0.25) is 4.34 Å². The van der Waals surface area contributed by atoms with Gasteiger partial charge in [-0.2, -0.15) is 0 Å². The first-order valence-corrected chi connectivity index (χ1v) is 8.29. The predicted molar refractivity (Wildman–Crippen MR) is 90.7 cm³/mol. The summed E-state index contributed by atoms with van der Waals surface area (Å²) in [4.78, 5) is 15.0. The Morgan fingerprint density at radius 2 is 2.22 bits per heavy atom. The second-order valence-corrected chi connectivity index (χ2v) is 7.02. The van der Waals surface area contributed by atoms with Crippen LogP contribution in [0.25, 0.3) is 5.65 Å². The number of hydrogen-bond donors (Lipinski definition) is 1. The number of nitrogens with one attached hydrogen (secondary N) is 1. The largest absolute Gasteiger partial charge is 0.328 e. The van der Waals surface area contributed by atoms with E-state index in [2.05, 4.69) is 15.5 Å². The Balaban J connectivity index is 1.67. The van der Waals surface area contributed by atoms with Gasteiger partial charge in [0, 0.05) is 18.1 Å². The maximum absolute atomic E-state index is 12.3. The highest BCUT2D eigenvalue weighted by Crippen LogP contribution is 2.22. The fourth-order valence-corrected chi connectivity index (χ4v) is 3.40. The van der Waals surface area contributed by atoms with Gasteiger partial charge >= 0.3 is 6.03 Å². The third-order valence-corrected chi connectivity index (χ3v) is 4.65. The van der Waals surface area contributed by atoms with Gasteiger partial charge in [-0.3, -0.25) is 4.40 Å². The average molecular weight is 350 g/mol. The molecule has 120 valence electrons. The molecule has 0 bridgehead atoms. The fraction of sp³-hybridized carbons (Fsp3) is 0.267. The lowest BCUT2D eigenvalue weighted by molar-refractivity contribution is 0.203. The second-order valence-electron chi connectivity index (χ2n) is 5.22. The van der Waals surface area contributed by atoms with Crippen molar-refractivity contribution in [3.05, 3.63) is 51.6 Å². The minimum Gasteiger partial charge on any atom is -0.328 e. The molecular weight excluding hydrogens is 334 g/mol. The molecule has 3 aromatic heterocycles. The minimum absolute atomic E-state index is 0.172. The topological polar surface area (TPSA) is 62.5 Å². The lowest BCUT2D eigenvalue weighted by atomic mass is 10.3. The van der Waals surface area contributed by atoms with Crippen molar-refractivity contribution in [3.8, 4) is 0 Å². The Morgan fingerprint density at radius 1 is 1.39 bits per heavy atom. The maximum Gasteiger partial charge on any atom is 0.318 e. The van der Waals surface area contributed by atoms with Crippen molar-refractivity contribution in [1.82, 2.24) is 24.8 Å². The smallest absolute Gasteiger partial charge is 0.318 e. The molecular formula is C15H16ClN5OS. The van der Waals surface area contributed by atoms with Crippen LogP contribution in [0.5, 0.6) is 0 Å². The Labute approximate surface area is 142 Å². The minimum atomic E-state index is -0.255. The second kappa shape index (κ2) is 6.55. The molecule has 3 rings (SSSR count). The molecule has 23 heavy (non-hydrogen) atoms. The highest BCUT2D eigenvalue weighted by molar-refractivity contribution is 7.16. The summed E-state index contributed by atoms with van der Waals surface area (Å²) < 4.78 is 2.58. The van der Waals surface area contributed by atoms with Crippen LogP contribution in [-0.4, -0.2) is 32.6 Å². The van der Waals surface area contributed by atoms with Crippen LogP contribution in [0.1, 0.15) is 23.7 Å². The summed E-state index contributed by atoms with van der Waals surface area (Å²) in [6.07, 6.45) is 1.88.